The van der Waals surface area contributed by atoms with Crippen LogP contribution in [0.4, 0.5) is 18.0 Å². The van der Waals surface area contributed by atoms with Gasteiger partial charge in [-0.1, -0.05) is 18.2 Å². The number of hydrogen-bond donors (Lipinski definition) is 2. The maximum Gasteiger partial charge on any atom is 0.416 e. The number of alkyl halides is 3. The second-order valence-electron chi connectivity index (χ2n) is 4.65. The quantitative estimate of drug-likeness (QED) is 0.824. The molecule has 0 unspecified atom stereocenters. The number of hydrogen-bond acceptors (Lipinski definition) is 3. The highest BCUT2D eigenvalue weighted by atomic mass is 19.4. The predicted molar refractivity (Wildman–Crippen MR) is 70.6 cm³/mol. The van der Waals surface area contributed by atoms with Crippen LogP contribution >= 0.6 is 0 Å². The van der Waals surface area contributed by atoms with Crippen molar-refractivity contribution in [1.82, 2.24) is 10.6 Å². The molecular formula is C14H13F3N2O3. The molecule has 1 atom stereocenters. The lowest BCUT2D eigenvalue weighted by molar-refractivity contribution is -0.139. The SMILES string of the molecule is COC(=O)C1=C(C)NC(=O)N[C@@H]1c1ccccc1C(F)(F)F. The molecule has 118 valence electrons. The molecule has 0 aliphatic carbocycles. The van der Waals surface area contributed by atoms with E-state index in [1.165, 1.54) is 25.1 Å². The van der Waals surface area contributed by atoms with Gasteiger partial charge in [0.1, 0.15) is 0 Å². The zero-order valence-corrected chi connectivity index (χ0v) is 11.7. The molecule has 0 radical (unpaired) electrons. The van der Waals surface area contributed by atoms with Crippen LogP contribution in [0.2, 0.25) is 0 Å². The third-order valence-corrected chi connectivity index (χ3v) is 3.25. The molecule has 0 bridgehead atoms. The fourth-order valence-corrected chi connectivity index (χ4v) is 2.31. The molecule has 1 heterocycles. The van der Waals surface area contributed by atoms with Gasteiger partial charge in [-0.15, -0.1) is 0 Å². The molecule has 5 nitrogen and oxygen atoms in total. The molecule has 0 fully saturated rings. The van der Waals surface area contributed by atoms with Gasteiger partial charge in [0.15, 0.2) is 0 Å². The van der Waals surface area contributed by atoms with Gasteiger partial charge in [-0.05, 0) is 18.6 Å². The Morgan fingerprint density at radius 3 is 2.50 bits per heavy atom. The number of esters is 1. The molecule has 2 amide bonds. The number of carbonyl (C=O) groups excluding carboxylic acids is 2. The van der Waals surface area contributed by atoms with Crippen LogP contribution in [0, 0.1) is 0 Å². The summed E-state index contributed by atoms with van der Waals surface area (Å²) in [7, 11) is 1.12. The normalized spacial score (nSPS) is 18.6. The molecule has 22 heavy (non-hydrogen) atoms. The molecule has 2 N–H and O–H groups in total. The summed E-state index contributed by atoms with van der Waals surface area (Å²) in [4.78, 5) is 23.5. The summed E-state index contributed by atoms with van der Waals surface area (Å²) in [6.07, 6.45) is -4.61. The van der Waals surface area contributed by atoms with Gasteiger partial charge in [0.2, 0.25) is 0 Å². The van der Waals surface area contributed by atoms with Crippen LogP contribution in [0.3, 0.4) is 0 Å². The van der Waals surface area contributed by atoms with Crippen LogP contribution in [-0.4, -0.2) is 19.1 Å². The highest BCUT2D eigenvalue weighted by molar-refractivity contribution is 5.95. The van der Waals surface area contributed by atoms with Crippen molar-refractivity contribution in [2.75, 3.05) is 7.11 Å². The van der Waals surface area contributed by atoms with Crippen molar-refractivity contribution in [3.63, 3.8) is 0 Å². The third kappa shape index (κ3) is 2.90. The van der Waals surface area contributed by atoms with Crippen LogP contribution in [-0.2, 0) is 15.7 Å². The molecule has 2 rings (SSSR count). The zero-order chi connectivity index (χ0) is 16.5. The van der Waals surface area contributed by atoms with Crippen molar-refractivity contribution in [1.29, 1.82) is 0 Å². The Hall–Kier alpha value is -2.51. The molecule has 0 saturated heterocycles. The number of ether oxygens (including phenoxy) is 1. The van der Waals surface area contributed by atoms with Gasteiger partial charge >= 0.3 is 18.2 Å². The Balaban J connectivity index is 2.62. The summed E-state index contributed by atoms with van der Waals surface area (Å²) in [6.45, 7) is 1.42. The third-order valence-electron chi connectivity index (χ3n) is 3.25. The first-order valence-corrected chi connectivity index (χ1v) is 6.28. The fourth-order valence-electron chi connectivity index (χ4n) is 2.31. The minimum Gasteiger partial charge on any atom is -0.466 e. The highest BCUT2D eigenvalue weighted by Crippen LogP contribution is 2.37. The van der Waals surface area contributed by atoms with E-state index in [0.29, 0.717) is 0 Å². The lowest BCUT2D eigenvalue weighted by Crippen LogP contribution is -2.45. The van der Waals surface area contributed by atoms with Gasteiger partial charge in [0, 0.05) is 5.70 Å². The minimum absolute atomic E-state index is 0.0706. The molecule has 0 aromatic heterocycles. The highest BCUT2D eigenvalue weighted by Gasteiger charge is 2.39. The first kappa shape index (κ1) is 15.9. The van der Waals surface area contributed by atoms with Gasteiger partial charge in [-0.2, -0.15) is 13.2 Å². The van der Waals surface area contributed by atoms with Gasteiger partial charge in [0.25, 0.3) is 0 Å². The summed E-state index contributed by atoms with van der Waals surface area (Å²) < 4.78 is 44.0. The Labute approximate surface area is 124 Å². The van der Waals surface area contributed by atoms with Crippen LogP contribution in [0.1, 0.15) is 24.1 Å². The van der Waals surface area contributed by atoms with E-state index in [2.05, 4.69) is 15.4 Å². The van der Waals surface area contributed by atoms with Gasteiger partial charge in [-0.3, -0.25) is 0 Å². The topological polar surface area (TPSA) is 67.4 Å². The molecule has 1 aromatic rings. The predicted octanol–water partition coefficient (Wildman–Crippen LogP) is 2.51. The van der Waals surface area contributed by atoms with Gasteiger partial charge < -0.3 is 15.4 Å². The van der Waals surface area contributed by atoms with Crippen LogP contribution in [0.5, 0.6) is 0 Å². The molecule has 0 spiro atoms. The molecule has 1 aliphatic heterocycles. The molecule has 8 heteroatoms. The Bertz CT molecular complexity index is 653. The van der Waals surface area contributed by atoms with Crippen LogP contribution in [0.15, 0.2) is 35.5 Å². The molecule has 1 aliphatic rings. The van der Waals surface area contributed by atoms with Crippen molar-refractivity contribution in [2.24, 2.45) is 0 Å². The second-order valence-corrected chi connectivity index (χ2v) is 4.65. The standard InChI is InChI=1S/C14H13F3N2O3/c1-7-10(12(20)22-2)11(19-13(21)18-7)8-5-3-4-6-9(8)14(15,16)17/h3-6,11H,1-2H3,(H2,18,19,21)/t11-/m1/s1. The maximum absolute atomic E-state index is 13.1. The summed E-state index contributed by atoms with van der Waals surface area (Å²) in [5.41, 5.74) is -1.06. The molecule has 1 aromatic carbocycles. The van der Waals surface area contributed by atoms with E-state index in [1.807, 2.05) is 0 Å². The summed E-state index contributed by atoms with van der Waals surface area (Å²) in [5.74, 6) is -0.813. The minimum atomic E-state index is -4.61. The lowest BCUT2D eigenvalue weighted by Gasteiger charge is -2.29. The van der Waals surface area contributed by atoms with E-state index < -0.39 is 29.8 Å². The number of allylic oxidation sites excluding steroid dienone is 1. The Morgan fingerprint density at radius 1 is 1.27 bits per heavy atom. The number of nitrogens with one attached hydrogen (secondary N) is 2. The van der Waals surface area contributed by atoms with E-state index in [1.54, 1.807) is 0 Å². The van der Waals surface area contributed by atoms with E-state index in [0.717, 1.165) is 13.2 Å². The monoisotopic (exact) mass is 314 g/mol. The van der Waals surface area contributed by atoms with Crippen molar-refractivity contribution < 1.29 is 27.5 Å². The average Bonchev–Trinajstić information content (AvgIpc) is 2.45. The van der Waals surface area contributed by atoms with E-state index in [4.69, 9.17) is 0 Å². The Kier molecular flexibility index (Phi) is 4.11. The second kappa shape index (κ2) is 5.70. The van der Waals surface area contributed by atoms with Crippen LogP contribution < -0.4 is 10.6 Å². The Morgan fingerprint density at radius 2 is 1.91 bits per heavy atom. The number of amides is 2. The number of benzene rings is 1. The molecular weight excluding hydrogens is 301 g/mol. The smallest absolute Gasteiger partial charge is 0.416 e. The lowest BCUT2D eigenvalue weighted by atomic mass is 9.91. The van der Waals surface area contributed by atoms with Crippen molar-refractivity contribution >= 4 is 12.0 Å². The van der Waals surface area contributed by atoms with Crippen molar-refractivity contribution in [2.45, 2.75) is 19.1 Å². The zero-order valence-electron chi connectivity index (χ0n) is 11.7. The van der Waals surface area contributed by atoms with E-state index in [9.17, 15) is 22.8 Å². The number of rotatable bonds is 2. The van der Waals surface area contributed by atoms with Crippen molar-refractivity contribution in [3.05, 3.63) is 46.7 Å². The maximum atomic E-state index is 13.1. The summed E-state index contributed by atoms with van der Waals surface area (Å²) in [6, 6.07) is 2.83. The largest absolute Gasteiger partial charge is 0.466 e. The van der Waals surface area contributed by atoms with E-state index in [-0.39, 0.29) is 16.8 Å². The fraction of sp³-hybridized carbons (Fsp3) is 0.286. The van der Waals surface area contributed by atoms with Crippen molar-refractivity contribution in [3.8, 4) is 0 Å². The van der Waals surface area contributed by atoms with Gasteiger partial charge in [0.05, 0.1) is 24.3 Å². The van der Waals surface area contributed by atoms with Gasteiger partial charge in [-0.25, -0.2) is 9.59 Å². The number of urea groups is 1. The number of carbonyl (C=O) groups is 2. The summed E-state index contributed by atoms with van der Waals surface area (Å²) in [5, 5.41) is 4.68. The first-order valence-electron chi connectivity index (χ1n) is 6.28. The molecule has 0 saturated carbocycles. The van der Waals surface area contributed by atoms with Crippen LogP contribution in [0.25, 0.3) is 0 Å². The first-order chi connectivity index (χ1) is 10.3. The van der Waals surface area contributed by atoms with E-state index >= 15 is 0 Å². The summed E-state index contributed by atoms with van der Waals surface area (Å²) >= 11 is 0. The number of halogens is 3. The average molecular weight is 314 g/mol. The number of methoxy groups -OCH3 is 1.